The summed E-state index contributed by atoms with van der Waals surface area (Å²) in [6, 6.07) is 1.66. The third-order valence-electron chi connectivity index (χ3n) is 3.74. The van der Waals surface area contributed by atoms with Gasteiger partial charge >= 0.3 is 0 Å². The van der Waals surface area contributed by atoms with E-state index >= 15 is 0 Å². The van der Waals surface area contributed by atoms with Crippen LogP contribution < -0.4 is 4.72 Å². The number of rotatable bonds is 4. The molecule has 0 aromatic carbocycles. The zero-order chi connectivity index (χ0) is 15.0. The fraction of sp³-hybridized carbons (Fsp3) is 0.462. The van der Waals surface area contributed by atoms with Gasteiger partial charge in [-0.2, -0.15) is 0 Å². The SMILES string of the molecule is Cc1sc(Br)cc1S(=O)(=O)NC[C@H]1CCn2ccnc2C1. The molecule has 3 rings (SSSR count). The van der Waals surface area contributed by atoms with Crippen molar-refractivity contribution < 1.29 is 8.42 Å². The van der Waals surface area contributed by atoms with Gasteiger partial charge in [-0.25, -0.2) is 18.1 Å². The Labute approximate surface area is 136 Å². The molecule has 0 amide bonds. The third kappa shape index (κ3) is 3.23. The lowest BCUT2D eigenvalue weighted by Gasteiger charge is -2.23. The van der Waals surface area contributed by atoms with Crippen LogP contribution in [0.4, 0.5) is 0 Å². The van der Waals surface area contributed by atoms with E-state index in [1.165, 1.54) is 11.3 Å². The Morgan fingerprint density at radius 3 is 3.10 bits per heavy atom. The molecular formula is C13H16BrN3O2S2. The highest BCUT2D eigenvalue weighted by Gasteiger charge is 2.23. The van der Waals surface area contributed by atoms with Crippen molar-refractivity contribution in [2.75, 3.05) is 6.54 Å². The molecule has 2 aromatic heterocycles. The van der Waals surface area contributed by atoms with Gasteiger partial charge in [0.25, 0.3) is 0 Å². The molecule has 0 saturated heterocycles. The number of aromatic nitrogens is 2. The average molecular weight is 390 g/mol. The highest BCUT2D eigenvalue weighted by molar-refractivity contribution is 9.11. The van der Waals surface area contributed by atoms with Gasteiger partial charge in [0.15, 0.2) is 0 Å². The number of hydrogen-bond donors (Lipinski definition) is 1. The summed E-state index contributed by atoms with van der Waals surface area (Å²) >= 11 is 4.77. The first-order valence-corrected chi connectivity index (χ1v) is 9.80. The van der Waals surface area contributed by atoms with Crippen molar-refractivity contribution in [1.29, 1.82) is 0 Å². The lowest BCUT2D eigenvalue weighted by atomic mass is 9.98. The molecular weight excluding hydrogens is 374 g/mol. The standard InChI is InChI=1S/C13H16BrN3O2S2/c1-9-11(7-12(14)20-9)21(18,19)16-8-10-2-4-17-5-3-15-13(17)6-10/h3,5,7,10,16H,2,4,6,8H2,1H3/t10-/m0/s1. The van der Waals surface area contributed by atoms with Crippen LogP contribution in [-0.2, 0) is 23.0 Å². The number of hydrogen-bond acceptors (Lipinski definition) is 4. The number of nitrogens with zero attached hydrogens (tertiary/aromatic N) is 2. The van der Waals surface area contributed by atoms with Crippen molar-refractivity contribution in [2.45, 2.75) is 31.2 Å². The molecule has 1 N–H and O–H groups in total. The Morgan fingerprint density at radius 2 is 2.38 bits per heavy atom. The predicted molar refractivity (Wildman–Crippen MR) is 86.0 cm³/mol. The number of sulfonamides is 1. The average Bonchev–Trinajstić information content (AvgIpc) is 3.02. The number of thiophene rings is 1. The van der Waals surface area contributed by atoms with Crippen molar-refractivity contribution in [3.8, 4) is 0 Å². The third-order valence-corrected chi connectivity index (χ3v) is 6.98. The summed E-state index contributed by atoms with van der Waals surface area (Å²) in [5.41, 5.74) is 0. The summed E-state index contributed by atoms with van der Waals surface area (Å²) in [7, 11) is -3.43. The van der Waals surface area contributed by atoms with Crippen LogP contribution >= 0.6 is 27.3 Å². The van der Waals surface area contributed by atoms with Gasteiger partial charge in [-0.05, 0) is 41.3 Å². The normalized spacial score (nSPS) is 18.7. The summed E-state index contributed by atoms with van der Waals surface area (Å²) in [4.78, 5) is 5.48. The van der Waals surface area contributed by atoms with Crippen molar-refractivity contribution in [2.24, 2.45) is 5.92 Å². The molecule has 0 saturated carbocycles. The van der Waals surface area contributed by atoms with E-state index in [9.17, 15) is 8.42 Å². The second-order valence-electron chi connectivity index (χ2n) is 5.22. The summed E-state index contributed by atoms with van der Waals surface area (Å²) in [6.07, 6.45) is 5.57. The second-order valence-corrected chi connectivity index (χ2v) is 9.59. The molecule has 114 valence electrons. The van der Waals surface area contributed by atoms with Crippen LogP contribution in [0, 0.1) is 12.8 Å². The minimum Gasteiger partial charge on any atom is -0.335 e. The van der Waals surface area contributed by atoms with Gasteiger partial charge in [-0.15, -0.1) is 11.3 Å². The van der Waals surface area contributed by atoms with E-state index in [-0.39, 0.29) is 0 Å². The zero-order valence-corrected chi connectivity index (χ0v) is 14.8. The summed E-state index contributed by atoms with van der Waals surface area (Å²) in [5, 5.41) is 0. The Morgan fingerprint density at radius 1 is 1.57 bits per heavy atom. The molecule has 1 aliphatic heterocycles. The van der Waals surface area contributed by atoms with Gasteiger partial charge in [-0.1, -0.05) is 0 Å². The molecule has 3 heterocycles. The van der Waals surface area contributed by atoms with E-state index in [0.29, 0.717) is 17.4 Å². The first-order valence-electron chi connectivity index (χ1n) is 6.71. The molecule has 0 spiro atoms. The van der Waals surface area contributed by atoms with Crippen LogP contribution in [0.3, 0.4) is 0 Å². The van der Waals surface area contributed by atoms with Crippen LogP contribution in [0.15, 0.2) is 27.1 Å². The Bertz CT molecular complexity index is 751. The molecule has 1 atom stereocenters. The molecule has 21 heavy (non-hydrogen) atoms. The second kappa shape index (κ2) is 5.83. The van der Waals surface area contributed by atoms with E-state index in [4.69, 9.17) is 0 Å². The van der Waals surface area contributed by atoms with E-state index in [0.717, 1.165) is 33.9 Å². The van der Waals surface area contributed by atoms with Gasteiger partial charge in [-0.3, -0.25) is 0 Å². The largest absolute Gasteiger partial charge is 0.335 e. The lowest BCUT2D eigenvalue weighted by Crippen LogP contribution is -2.33. The Balaban J connectivity index is 1.67. The smallest absolute Gasteiger partial charge is 0.241 e. The Hall–Kier alpha value is -0.700. The maximum atomic E-state index is 12.4. The molecule has 0 aliphatic carbocycles. The zero-order valence-electron chi connectivity index (χ0n) is 11.5. The number of nitrogens with one attached hydrogen (secondary N) is 1. The molecule has 0 unspecified atom stereocenters. The lowest BCUT2D eigenvalue weighted by molar-refractivity contribution is 0.379. The molecule has 8 heteroatoms. The fourth-order valence-electron chi connectivity index (χ4n) is 2.59. The van der Waals surface area contributed by atoms with Crippen LogP contribution in [-0.4, -0.2) is 24.5 Å². The minimum absolute atomic E-state index is 0.303. The first kappa shape index (κ1) is 15.2. The predicted octanol–water partition coefficient (Wildman–Crippen LogP) is 2.56. The van der Waals surface area contributed by atoms with Gasteiger partial charge in [0, 0.05) is 36.8 Å². The molecule has 2 aromatic rings. The number of fused-ring (bicyclic) bond motifs is 1. The topological polar surface area (TPSA) is 64.0 Å². The molecule has 0 bridgehead atoms. The summed E-state index contributed by atoms with van der Waals surface area (Å²) in [6.45, 7) is 3.19. The van der Waals surface area contributed by atoms with Crippen molar-refractivity contribution in [3.63, 3.8) is 0 Å². The van der Waals surface area contributed by atoms with Crippen LogP contribution in [0.25, 0.3) is 0 Å². The van der Waals surface area contributed by atoms with Crippen LogP contribution in [0.5, 0.6) is 0 Å². The molecule has 0 fully saturated rings. The van der Waals surface area contributed by atoms with Gasteiger partial charge < -0.3 is 4.57 Å². The van der Waals surface area contributed by atoms with E-state index in [1.54, 1.807) is 12.3 Å². The van der Waals surface area contributed by atoms with E-state index in [2.05, 4.69) is 30.2 Å². The van der Waals surface area contributed by atoms with E-state index in [1.807, 2.05) is 13.1 Å². The van der Waals surface area contributed by atoms with Gasteiger partial charge in [0.1, 0.15) is 5.82 Å². The number of imidazole rings is 1. The van der Waals surface area contributed by atoms with Crippen LogP contribution in [0.1, 0.15) is 17.1 Å². The number of aryl methyl sites for hydroxylation is 2. The monoisotopic (exact) mass is 389 g/mol. The van der Waals surface area contributed by atoms with Gasteiger partial charge in [0.2, 0.25) is 10.0 Å². The maximum Gasteiger partial charge on any atom is 0.241 e. The van der Waals surface area contributed by atoms with E-state index < -0.39 is 10.0 Å². The fourth-order valence-corrected chi connectivity index (χ4v) is 6.12. The molecule has 1 aliphatic rings. The first-order chi connectivity index (χ1) is 9.95. The molecule has 5 nitrogen and oxygen atoms in total. The van der Waals surface area contributed by atoms with Gasteiger partial charge in [0.05, 0.1) is 8.68 Å². The molecule has 0 radical (unpaired) electrons. The maximum absolute atomic E-state index is 12.4. The highest BCUT2D eigenvalue weighted by atomic mass is 79.9. The van der Waals surface area contributed by atoms with Crippen molar-refractivity contribution >= 4 is 37.3 Å². The van der Waals surface area contributed by atoms with Crippen molar-refractivity contribution in [1.82, 2.24) is 14.3 Å². The number of halogens is 1. The summed E-state index contributed by atoms with van der Waals surface area (Å²) in [5.74, 6) is 1.34. The Kier molecular flexibility index (Phi) is 4.22. The summed E-state index contributed by atoms with van der Waals surface area (Å²) < 4.78 is 30.4. The highest BCUT2D eigenvalue weighted by Crippen LogP contribution is 2.29. The quantitative estimate of drug-likeness (QED) is 0.873. The van der Waals surface area contributed by atoms with Crippen molar-refractivity contribution in [3.05, 3.63) is 32.9 Å². The van der Waals surface area contributed by atoms with Crippen LogP contribution in [0.2, 0.25) is 0 Å². The minimum atomic E-state index is -3.43.